The average molecular weight is 235 g/mol. The van der Waals surface area contributed by atoms with E-state index in [2.05, 4.69) is 10.3 Å². The first-order chi connectivity index (χ1) is 8.16. The van der Waals surface area contributed by atoms with Crippen molar-refractivity contribution < 1.29 is 9.90 Å². The topological polar surface area (TPSA) is 88.2 Å². The fourth-order valence-corrected chi connectivity index (χ4v) is 2.16. The predicted molar refractivity (Wildman–Crippen MR) is 64.4 cm³/mol. The van der Waals surface area contributed by atoms with E-state index >= 15 is 0 Å². The van der Waals surface area contributed by atoms with Gasteiger partial charge in [0.25, 0.3) is 5.91 Å². The van der Waals surface area contributed by atoms with Gasteiger partial charge in [-0.05, 0) is 37.8 Å². The van der Waals surface area contributed by atoms with Crippen molar-refractivity contribution in [2.75, 3.05) is 5.73 Å². The maximum atomic E-state index is 11.9. The first-order valence-electron chi connectivity index (χ1n) is 5.86. The number of hydrogen-bond acceptors (Lipinski definition) is 4. The minimum atomic E-state index is -0.310. The Hall–Kier alpha value is -1.62. The molecule has 1 aliphatic rings. The largest absolute Gasteiger partial charge is 0.397 e. The number of pyridine rings is 1. The number of nitrogens with two attached hydrogens (primary N) is 1. The molecule has 0 aliphatic heterocycles. The standard InChI is InChI=1S/C12H17N3O2/c13-10-5-2-6-14-11(10)12(17)15-8-3-1-4-9(16)7-8/h2,5-6,8-9,16H,1,3-4,7,13H2,(H,15,17). The Morgan fingerprint density at radius 2 is 2.35 bits per heavy atom. The third kappa shape index (κ3) is 2.94. The molecule has 2 atom stereocenters. The molecule has 1 fully saturated rings. The summed E-state index contributed by atoms with van der Waals surface area (Å²) in [5.74, 6) is -0.262. The predicted octanol–water partition coefficient (Wildman–Crippen LogP) is 0.697. The number of hydrogen-bond donors (Lipinski definition) is 3. The van der Waals surface area contributed by atoms with Gasteiger partial charge in [0.2, 0.25) is 0 Å². The molecule has 1 saturated carbocycles. The van der Waals surface area contributed by atoms with Crippen molar-refractivity contribution in [3.63, 3.8) is 0 Å². The van der Waals surface area contributed by atoms with Crippen molar-refractivity contribution in [2.45, 2.75) is 37.8 Å². The van der Waals surface area contributed by atoms with Crippen LogP contribution in [0.15, 0.2) is 18.3 Å². The number of aromatic nitrogens is 1. The van der Waals surface area contributed by atoms with Gasteiger partial charge in [0.1, 0.15) is 0 Å². The van der Waals surface area contributed by atoms with Gasteiger partial charge < -0.3 is 16.2 Å². The van der Waals surface area contributed by atoms with Crippen LogP contribution in [-0.2, 0) is 0 Å². The highest BCUT2D eigenvalue weighted by Gasteiger charge is 2.22. The summed E-state index contributed by atoms with van der Waals surface area (Å²) in [5.41, 5.74) is 6.31. The molecule has 1 amide bonds. The number of carbonyl (C=O) groups is 1. The van der Waals surface area contributed by atoms with E-state index in [1.807, 2.05) is 0 Å². The summed E-state index contributed by atoms with van der Waals surface area (Å²) in [4.78, 5) is 15.9. The van der Waals surface area contributed by atoms with Crippen LogP contribution in [0.25, 0.3) is 0 Å². The number of carbonyl (C=O) groups excluding carboxylic acids is 1. The SMILES string of the molecule is Nc1cccnc1C(=O)NC1CCCC(O)C1. The minimum Gasteiger partial charge on any atom is -0.397 e. The van der Waals surface area contributed by atoms with E-state index in [-0.39, 0.29) is 23.7 Å². The Bertz CT molecular complexity index is 408. The summed E-state index contributed by atoms with van der Waals surface area (Å²) in [7, 11) is 0. The lowest BCUT2D eigenvalue weighted by atomic mass is 9.93. The Morgan fingerprint density at radius 1 is 1.53 bits per heavy atom. The monoisotopic (exact) mass is 235 g/mol. The lowest BCUT2D eigenvalue weighted by Gasteiger charge is -2.26. The lowest BCUT2D eigenvalue weighted by molar-refractivity contribution is 0.0846. The van der Waals surface area contributed by atoms with Gasteiger partial charge in [0, 0.05) is 12.2 Å². The average Bonchev–Trinajstić information content (AvgIpc) is 2.29. The minimum absolute atomic E-state index is 0.0210. The zero-order valence-electron chi connectivity index (χ0n) is 9.60. The van der Waals surface area contributed by atoms with Crippen molar-refractivity contribution in [3.8, 4) is 0 Å². The van der Waals surface area contributed by atoms with Gasteiger partial charge in [-0.15, -0.1) is 0 Å². The molecule has 0 bridgehead atoms. The Kier molecular flexibility index (Phi) is 3.58. The highest BCUT2D eigenvalue weighted by Crippen LogP contribution is 2.19. The van der Waals surface area contributed by atoms with Crippen LogP contribution in [-0.4, -0.2) is 28.1 Å². The van der Waals surface area contributed by atoms with Crippen molar-refractivity contribution in [1.29, 1.82) is 0 Å². The third-order valence-electron chi connectivity index (χ3n) is 3.04. The number of aliphatic hydroxyl groups excluding tert-OH is 1. The van der Waals surface area contributed by atoms with Crippen LogP contribution in [0.2, 0.25) is 0 Å². The molecule has 92 valence electrons. The molecular weight excluding hydrogens is 218 g/mol. The van der Waals surface area contributed by atoms with Gasteiger partial charge in [-0.3, -0.25) is 4.79 Å². The Balaban J connectivity index is 1.99. The molecule has 0 spiro atoms. The second-order valence-corrected chi connectivity index (χ2v) is 4.43. The highest BCUT2D eigenvalue weighted by atomic mass is 16.3. The molecule has 2 rings (SSSR count). The number of nitrogens with zero attached hydrogens (tertiary/aromatic N) is 1. The van der Waals surface area contributed by atoms with Crippen LogP contribution in [0, 0.1) is 0 Å². The number of nitrogens with one attached hydrogen (secondary N) is 1. The summed E-state index contributed by atoms with van der Waals surface area (Å²) in [6, 6.07) is 3.36. The molecule has 0 aromatic carbocycles. The van der Waals surface area contributed by atoms with E-state index in [9.17, 15) is 9.90 Å². The summed E-state index contributed by atoms with van der Waals surface area (Å²) >= 11 is 0. The first-order valence-corrected chi connectivity index (χ1v) is 5.86. The second-order valence-electron chi connectivity index (χ2n) is 4.43. The number of anilines is 1. The van der Waals surface area contributed by atoms with Crippen molar-refractivity contribution in [2.24, 2.45) is 0 Å². The number of amides is 1. The van der Waals surface area contributed by atoms with Crippen molar-refractivity contribution >= 4 is 11.6 Å². The van der Waals surface area contributed by atoms with E-state index in [1.54, 1.807) is 18.3 Å². The van der Waals surface area contributed by atoms with Crippen LogP contribution < -0.4 is 11.1 Å². The van der Waals surface area contributed by atoms with Crippen LogP contribution in [0.1, 0.15) is 36.2 Å². The fourth-order valence-electron chi connectivity index (χ4n) is 2.16. The molecule has 1 aromatic heterocycles. The van der Waals surface area contributed by atoms with Crippen LogP contribution in [0.5, 0.6) is 0 Å². The van der Waals surface area contributed by atoms with Crippen LogP contribution in [0.4, 0.5) is 5.69 Å². The molecule has 5 heteroatoms. The van der Waals surface area contributed by atoms with Crippen LogP contribution in [0.3, 0.4) is 0 Å². The van der Waals surface area contributed by atoms with Crippen molar-refractivity contribution in [3.05, 3.63) is 24.0 Å². The first kappa shape index (κ1) is 11.9. The maximum absolute atomic E-state index is 11.9. The van der Waals surface area contributed by atoms with E-state index in [0.29, 0.717) is 12.1 Å². The normalized spacial score (nSPS) is 24.3. The second kappa shape index (κ2) is 5.14. The van der Waals surface area contributed by atoms with E-state index < -0.39 is 0 Å². The smallest absolute Gasteiger partial charge is 0.272 e. The molecule has 1 aromatic rings. The molecule has 0 saturated heterocycles. The molecular formula is C12H17N3O2. The molecule has 1 heterocycles. The molecule has 5 nitrogen and oxygen atoms in total. The molecule has 2 unspecified atom stereocenters. The van der Waals surface area contributed by atoms with Crippen molar-refractivity contribution in [1.82, 2.24) is 10.3 Å². The van der Waals surface area contributed by atoms with Gasteiger partial charge in [0.05, 0.1) is 11.8 Å². The van der Waals surface area contributed by atoms with Gasteiger partial charge >= 0.3 is 0 Å². The zero-order valence-corrected chi connectivity index (χ0v) is 9.60. The maximum Gasteiger partial charge on any atom is 0.272 e. The Morgan fingerprint density at radius 3 is 3.06 bits per heavy atom. The molecule has 0 radical (unpaired) electrons. The zero-order chi connectivity index (χ0) is 12.3. The van der Waals surface area contributed by atoms with E-state index in [4.69, 9.17) is 5.73 Å². The molecule has 4 N–H and O–H groups in total. The summed E-state index contributed by atoms with van der Waals surface area (Å²) in [6.07, 6.45) is 4.49. The summed E-state index contributed by atoms with van der Waals surface area (Å²) in [5, 5.41) is 12.4. The third-order valence-corrected chi connectivity index (χ3v) is 3.04. The number of rotatable bonds is 2. The number of nitrogen functional groups attached to an aromatic ring is 1. The quantitative estimate of drug-likeness (QED) is 0.704. The van der Waals surface area contributed by atoms with Gasteiger partial charge in [-0.1, -0.05) is 0 Å². The summed E-state index contributed by atoms with van der Waals surface area (Å²) in [6.45, 7) is 0. The Labute approximate surface area is 100 Å². The van der Waals surface area contributed by atoms with Gasteiger partial charge in [0.15, 0.2) is 5.69 Å². The van der Waals surface area contributed by atoms with E-state index in [1.165, 1.54) is 0 Å². The molecule has 17 heavy (non-hydrogen) atoms. The lowest BCUT2D eigenvalue weighted by Crippen LogP contribution is -2.40. The molecule has 1 aliphatic carbocycles. The van der Waals surface area contributed by atoms with Gasteiger partial charge in [-0.25, -0.2) is 4.98 Å². The highest BCUT2D eigenvalue weighted by molar-refractivity contribution is 5.97. The number of aliphatic hydroxyl groups is 1. The van der Waals surface area contributed by atoms with E-state index in [0.717, 1.165) is 19.3 Å². The van der Waals surface area contributed by atoms with Crippen LogP contribution >= 0.6 is 0 Å². The summed E-state index contributed by atoms with van der Waals surface area (Å²) < 4.78 is 0. The van der Waals surface area contributed by atoms with Gasteiger partial charge in [-0.2, -0.15) is 0 Å². The fraction of sp³-hybridized carbons (Fsp3) is 0.500.